The Morgan fingerprint density at radius 3 is 2.41 bits per heavy atom. The van der Waals surface area contributed by atoms with Gasteiger partial charge in [-0.05, 0) is 74.4 Å². The van der Waals surface area contributed by atoms with Crippen LogP contribution < -0.4 is 9.47 Å². The van der Waals surface area contributed by atoms with Crippen molar-refractivity contribution in [3.8, 4) is 11.5 Å². The monoisotopic (exact) mass is 548 g/mol. The van der Waals surface area contributed by atoms with E-state index in [1.807, 2.05) is 53.1 Å². The number of nitrogens with zero attached hydrogens (tertiary/aromatic N) is 2. The second kappa shape index (κ2) is 13.2. The standard InChI is InChI=1S/C32H40N2O4S/c1-6-22(2)34(32(36)28-19-27(28)25-10-8-7-9-11-25)21-31(35)33(20-26-14-12-23(3)39-26)17-16-24-13-15-29(37-4)30(18-24)38-5/h7-15,18,22,27-28H,6,16-17,19-21H2,1-5H3. The molecule has 7 heteroatoms. The highest BCUT2D eigenvalue weighted by Gasteiger charge is 2.46. The molecule has 1 saturated carbocycles. The van der Waals surface area contributed by atoms with Crippen molar-refractivity contribution in [1.82, 2.24) is 9.80 Å². The van der Waals surface area contributed by atoms with Crippen molar-refractivity contribution in [2.45, 2.75) is 58.5 Å². The molecule has 3 unspecified atom stereocenters. The van der Waals surface area contributed by atoms with Gasteiger partial charge in [-0.25, -0.2) is 0 Å². The third-order valence-electron chi connectivity index (χ3n) is 7.66. The third-order valence-corrected chi connectivity index (χ3v) is 8.65. The number of benzene rings is 2. The number of amides is 2. The molecule has 3 aromatic rings. The van der Waals surface area contributed by atoms with E-state index < -0.39 is 0 Å². The van der Waals surface area contributed by atoms with E-state index in [9.17, 15) is 9.59 Å². The summed E-state index contributed by atoms with van der Waals surface area (Å²) < 4.78 is 10.8. The minimum absolute atomic E-state index is 0.00449. The fraction of sp³-hybridized carbons (Fsp3) is 0.438. The Kier molecular flexibility index (Phi) is 9.68. The topological polar surface area (TPSA) is 59.1 Å². The average Bonchev–Trinajstić information content (AvgIpc) is 3.67. The lowest BCUT2D eigenvalue weighted by atomic mass is 10.1. The first-order chi connectivity index (χ1) is 18.8. The molecule has 1 aliphatic carbocycles. The van der Waals surface area contributed by atoms with Gasteiger partial charge in [0.2, 0.25) is 11.8 Å². The van der Waals surface area contributed by atoms with Gasteiger partial charge in [-0.2, -0.15) is 0 Å². The summed E-state index contributed by atoms with van der Waals surface area (Å²) in [6.45, 7) is 7.36. The molecular weight excluding hydrogens is 508 g/mol. The molecule has 0 radical (unpaired) electrons. The van der Waals surface area contributed by atoms with E-state index in [4.69, 9.17) is 9.47 Å². The molecule has 2 aromatic carbocycles. The van der Waals surface area contributed by atoms with Crippen LogP contribution in [0.15, 0.2) is 60.7 Å². The van der Waals surface area contributed by atoms with Gasteiger partial charge in [0.1, 0.15) is 6.54 Å². The summed E-state index contributed by atoms with van der Waals surface area (Å²) in [7, 11) is 3.24. The van der Waals surface area contributed by atoms with E-state index in [1.54, 1.807) is 25.6 Å². The van der Waals surface area contributed by atoms with E-state index in [0.717, 1.165) is 23.3 Å². The largest absolute Gasteiger partial charge is 0.493 e. The molecule has 0 aliphatic heterocycles. The third kappa shape index (κ3) is 7.21. The molecule has 1 aromatic heterocycles. The molecule has 0 bridgehead atoms. The van der Waals surface area contributed by atoms with Crippen LogP contribution in [0.4, 0.5) is 0 Å². The predicted molar refractivity (Wildman–Crippen MR) is 156 cm³/mol. The van der Waals surface area contributed by atoms with Crippen LogP contribution in [0.5, 0.6) is 11.5 Å². The van der Waals surface area contributed by atoms with Gasteiger partial charge in [-0.3, -0.25) is 9.59 Å². The minimum Gasteiger partial charge on any atom is -0.493 e. The van der Waals surface area contributed by atoms with Crippen molar-refractivity contribution in [2.24, 2.45) is 5.92 Å². The van der Waals surface area contributed by atoms with Crippen LogP contribution in [0.2, 0.25) is 0 Å². The van der Waals surface area contributed by atoms with Gasteiger partial charge >= 0.3 is 0 Å². The zero-order valence-electron chi connectivity index (χ0n) is 23.7. The van der Waals surface area contributed by atoms with Crippen LogP contribution in [0, 0.1) is 12.8 Å². The summed E-state index contributed by atoms with van der Waals surface area (Å²) in [5.41, 5.74) is 2.27. The van der Waals surface area contributed by atoms with Crippen molar-refractivity contribution in [3.63, 3.8) is 0 Å². The van der Waals surface area contributed by atoms with Crippen LogP contribution in [0.25, 0.3) is 0 Å². The van der Waals surface area contributed by atoms with E-state index in [0.29, 0.717) is 31.0 Å². The van der Waals surface area contributed by atoms with Crippen molar-refractivity contribution >= 4 is 23.2 Å². The average molecular weight is 549 g/mol. The fourth-order valence-electron chi connectivity index (χ4n) is 5.02. The number of ether oxygens (including phenoxy) is 2. The number of carbonyl (C=O) groups excluding carboxylic acids is 2. The van der Waals surface area contributed by atoms with E-state index in [2.05, 4.69) is 38.1 Å². The summed E-state index contributed by atoms with van der Waals surface area (Å²) in [5.74, 6) is 1.63. The summed E-state index contributed by atoms with van der Waals surface area (Å²) in [4.78, 5) is 33.5. The maximum absolute atomic E-state index is 13.8. The number of hydrogen-bond donors (Lipinski definition) is 0. The molecule has 0 saturated heterocycles. The Hall–Kier alpha value is -3.32. The van der Waals surface area contributed by atoms with Crippen molar-refractivity contribution in [2.75, 3.05) is 27.3 Å². The van der Waals surface area contributed by atoms with Crippen molar-refractivity contribution in [1.29, 1.82) is 0 Å². The van der Waals surface area contributed by atoms with E-state index >= 15 is 0 Å². The number of methoxy groups -OCH3 is 2. The van der Waals surface area contributed by atoms with Crippen LogP contribution >= 0.6 is 11.3 Å². The highest BCUT2D eigenvalue weighted by molar-refractivity contribution is 7.11. The quantitative estimate of drug-likeness (QED) is 0.260. The first-order valence-corrected chi connectivity index (χ1v) is 14.6. The number of thiophene rings is 1. The van der Waals surface area contributed by atoms with Gasteiger partial charge in [-0.15, -0.1) is 11.3 Å². The zero-order valence-corrected chi connectivity index (χ0v) is 24.5. The minimum atomic E-state index is -0.0469. The van der Waals surface area contributed by atoms with Gasteiger partial charge in [-0.1, -0.05) is 43.3 Å². The Morgan fingerprint density at radius 2 is 1.77 bits per heavy atom. The van der Waals surface area contributed by atoms with Gasteiger partial charge in [0.15, 0.2) is 11.5 Å². The molecule has 2 amide bonds. The maximum atomic E-state index is 13.8. The van der Waals surface area contributed by atoms with Crippen LogP contribution in [0.3, 0.4) is 0 Å². The van der Waals surface area contributed by atoms with Gasteiger partial charge in [0.25, 0.3) is 0 Å². The van der Waals surface area contributed by atoms with Crippen LogP contribution in [-0.2, 0) is 22.6 Å². The highest BCUT2D eigenvalue weighted by Crippen LogP contribution is 2.48. The number of aryl methyl sites for hydroxylation is 1. The molecule has 39 heavy (non-hydrogen) atoms. The normalized spacial score (nSPS) is 16.8. The van der Waals surface area contributed by atoms with E-state index in [-0.39, 0.29) is 36.2 Å². The van der Waals surface area contributed by atoms with Crippen molar-refractivity contribution in [3.05, 3.63) is 81.5 Å². The summed E-state index contributed by atoms with van der Waals surface area (Å²) >= 11 is 1.70. The predicted octanol–water partition coefficient (Wildman–Crippen LogP) is 6.08. The molecule has 0 spiro atoms. The molecule has 1 aliphatic rings. The molecule has 1 heterocycles. The summed E-state index contributed by atoms with van der Waals surface area (Å²) in [6, 6.07) is 20.3. The first-order valence-electron chi connectivity index (χ1n) is 13.7. The molecule has 1 fully saturated rings. The van der Waals surface area contributed by atoms with Gasteiger partial charge in [0.05, 0.1) is 20.8 Å². The summed E-state index contributed by atoms with van der Waals surface area (Å²) in [5, 5.41) is 0. The number of rotatable bonds is 13. The molecule has 6 nitrogen and oxygen atoms in total. The van der Waals surface area contributed by atoms with Gasteiger partial charge in [0, 0.05) is 28.3 Å². The number of hydrogen-bond acceptors (Lipinski definition) is 5. The Morgan fingerprint density at radius 1 is 1.03 bits per heavy atom. The second-order valence-electron chi connectivity index (χ2n) is 10.3. The lowest BCUT2D eigenvalue weighted by Gasteiger charge is -2.31. The SMILES string of the molecule is CCC(C)N(CC(=O)N(CCc1ccc(OC)c(OC)c1)Cc1ccc(C)s1)C(=O)C1CC1c1ccccc1. The summed E-state index contributed by atoms with van der Waals surface area (Å²) in [6.07, 6.45) is 2.32. The van der Waals surface area contributed by atoms with Crippen molar-refractivity contribution < 1.29 is 19.1 Å². The lowest BCUT2D eigenvalue weighted by Crippen LogP contribution is -2.47. The smallest absolute Gasteiger partial charge is 0.242 e. The molecule has 4 rings (SSSR count). The second-order valence-corrected chi connectivity index (χ2v) is 11.7. The molecule has 208 valence electrons. The first kappa shape index (κ1) is 28.7. The van der Waals surface area contributed by atoms with Crippen LogP contribution in [0.1, 0.15) is 53.5 Å². The number of carbonyl (C=O) groups is 2. The zero-order chi connectivity index (χ0) is 27.9. The Bertz CT molecular complexity index is 1260. The maximum Gasteiger partial charge on any atom is 0.242 e. The van der Waals surface area contributed by atoms with Crippen LogP contribution in [-0.4, -0.2) is 55.0 Å². The van der Waals surface area contributed by atoms with Gasteiger partial charge < -0.3 is 19.3 Å². The Balaban J connectivity index is 1.49. The molecule has 0 N–H and O–H groups in total. The molecule has 3 atom stereocenters. The highest BCUT2D eigenvalue weighted by atomic mass is 32.1. The fourth-order valence-corrected chi connectivity index (χ4v) is 5.92. The molecular formula is C32H40N2O4S. The van der Waals surface area contributed by atoms with E-state index in [1.165, 1.54) is 10.4 Å². The Labute approximate surface area is 236 Å². The lowest BCUT2D eigenvalue weighted by molar-refractivity contribution is -0.143.